The van der Waals surface area contributed by atoms with E-state index in [9.17, 15) is 4.39 Å². The van der Waals surface area contributed by atoms with E-state index in [1.807, 2.05) is 6.07 Å². The Balaban J connectivity index is 2.13. The highest BCUT2D eigenvalue weighted by atomic mass is 35.5. The number of hydrogen-bond donors (Lipinski definition) is 1. The van der Waals surface area contributed by atoms with Gasteiger partial charge in [-0.15, -0.1) is 0 Å². The Morgan fingerprint density at radius 3 is 2.47 bits per heavy atom. The van der Waals surface area contributed by atoms with Gasteiger partial charge in [0.25, 0.3) is 0 Å². The number of hydrogen-bond acceptors (Lipinski definition) is 2. The molecule has 0 bridgehead atoms. The van der Waals surface area contributed by atoms with Crippen LogP contribution in [0.4, 0.5) is 4.39 Å². The van der Waals surface area contributed by atoms with Crippen LogP contribution in [0.5, 0.6) is 5.75 Å². The Morgan fingerprint density at radius 1 is 1.21 bits per heavy atom. The zero-order valence-electron chi connectivity index (χ0n) is 10.6. The first-order valence-electron chi connectivity index (χ1n) is 5.93. The van der Waals surface area contributed by atoms with E-state index in [0.29, 0.717) is 17.2 Å². The standard InChI is InChI=1S/C15H15ClFNO/c1-19-15-7-4-11(9-13(15)16)14(18)8-10-2-5-12(17)6-3-10/h2-7,9,14H,8,18H2,1H3. The smallest absolute Gasteiger partial charge is 0.137 e. The normalized spacial score (nSPS) is 12.2. The maximum absolute atomic E-state index is 12.8. The van der Waals surface area contributed by atoms with E-state index in [-0.39, 0.29) is 11.9 Å². The summed E-state index contributed by atoms with van der Waals surface area (Å²) < 4.78 is 17.9. The van der Waals surface area contributed by atoms with Crippen molar-refractivity contribution in [3.05, 3.63) is 64.4 Å². The van der Waals surface area contributed by atoms with Crippen LogP contribution in [0.3, 0.4) is 0 Å². The first-order chi connectivity index (χ1) is 9.10. The van der Waals surface area contributed by atoms with Gasteiger partial charge in [0.05, 0.1) is 12.1 Å². The van der Waals surface area contributed by atoms with Crippen LogP contribution in [0, 0.1) is 5.82 Å². The van der Waals surface area contributed by atoms with Gasteiger partial charge in [-0.25, -0.2) is 4.39 Å². The van der Waals surface area contributed by atoms with Crippen LogP contribution in [0.25, 0.3) is 0 Å². The highest BCUT2D eigenvalue weighted by molar-refractivity contribution is 6.32. The Hall–Kier alpha value is -1.58. The number of nitrogens with two attached hydrogens (primary N) is 1. The summed E-state index contributed by atoms with van der Waals surface area (Å²) in [6.45, 7) is 0. The van der Waals surface area contributed by atoms with Gasteiger partial charge in [-0.2, -0.15) is 0 Å². The fourth-order valence-electron chi connectivity index (χ4n) is 1.91. The van der Waals surface area contributed by atoms with Crippen LogP contribution in [-0.2, 0) is 6.42 Å². The maximum Gasteiger partial charge on any atom is 0.137 e. The van der Waals surface area contributed by atoms with Gasteiger partial charge in [-0.05, 0) is 41.8 Å². The zero-order chi connectivity index (χ0) is 13.8. The summed E-state index contributed by atoms with van der Waals surface area (Å²) in [6, 6.07) is 11.6. The Morgan fingerprint density at radius 2 is 1.89 bits per heavy atom. The number of methoxy groups -OCH3 is 1. The molecular weight excluding hydrogens is 265 g/mol. The molecule has 1 atom stereocenters. The Kier molecular flexibility index (Phi) is 4.40. The molecule has 100 valence electrons. The van der Waals surface area contributed by atoms with Crippen molar-refractivity contribution in [2.45, 2.75) is 12.5 Å². The van der Waals surface area contributed by atoms with Crippen molar-refractivity contribution in [1.82, 2.24) is 0 Å². The van der Waals surface area contributed by atoms with Crippen molar-refractivity contribution in [3.8, 4) is 5.75 Å². The molecule has 2 aromatic carbocycles. The molecule has 2 rings (SSSR count). The molecule has 2 N–H and O–H groups in total. The molecule has 0 aliphatic heterocycles. The van der Waals surface area contributed by atoms with E-state index in [1.54, 1.807) is 31.4 Å². The maximum atomic E-state index is 12.8. The molecule has 19 heavy (non-hydrogen) atoms. The van der Waals surface area contributed by atoms with Gasteiger partial charge >= 0.3 is 0 Å². The van der Waals surface area contributed by atoms with Gasteiger partial charge in [0.1, 0.15) is 11.6 Å². The second kappa shape index (κ2) is 6.04. The minimum absolute atomic E-state index is 0.186. The summed E-state index contributed by atoms with van der Waals surface area (Å²) >= 11 is 6.07. The first-order valence-corrected chi connectivity index (χ1v) is 6.31. The van der Waals surface area contributed by atoms with E-state index in [4.69, 9.17) is 22.1 Å². The SMILES string of the molecule is COc1ccc(C(N)Cc2ccc(F)cc2)cc1Cl. The van der Waals surface area contributed by atoms with Crippen molar-refractivity contribution < 1.29 is 9.13 Å². The largest absolute Gasteiger partial charge is 0.495 e. The van der Waals surface area contributed by atoms with Gasteiger partial charge in [-0.1, -0.05) is 29.8 Å². The average molecular weight is 280 g/mol. The molecular formula is C15H15ClFNO. The van der Waals surface area contributed by atoms with Crippen LogP contribution in [0.1, 0.15) is 17.2 Å². The zero-order valence-corrected chi connectivity index (χ0v) is 11.3. The summed E-state index contributed by atoms with van der Waals surface area (Å²) in [5.41, 5.74) is 8.05. The fraction of sp³-hybridized carbons (Fsp3) is 0.200. The quantitative estimate of drug-likeness (QED) is 0.925. The van der Waals surface area contributed by atoms with Crippen molar-refractivity contribution in [3.63, 3.8) is 0 Å². The summed E-state index contributed by atoms with van der Waals surface area (Å²) in [5.74, 6) is 0.379. The molecule has 1 unspecified atom stereocenters. The van der Waals surface area contributed by atoms with Gasteiger partial charge < -0.3 is 10.5 Å². The molecule has 0 amide bonds. The number of halogens is 2. The van der Waals surface area contributed by atoms with Crippen molar-refractivity contribution in [2.24, 2.45) is 5.73 Å². The topological polar surface area (TPSA) is 35.2 Å². The lowest BCUT2D eigenvalue weighted by molar-refractivity contribution is 0.414. The highest BCUT2D eigenvalue weighted by Gasteiger charge is 2.10. The van der Waals surface area contributed by atoms with Crippen LogP contribution < -0.4 is 10.5 Å². The molecule has 2 aromatic rings. The minimum atomic E-state index is -0.246. The third-order valence-corrected chi connectivity index (χ3v) is 3.27. The van der Waals surface area contributed by atoms with E-state index < -0.39 is 0 Å². The third kappa shape index (κ3) is 3.46. The van der Waals surface area contributed by atoms with Crippen LogP contribution in [-0.4, -0.2) is 7.11 Å². The molecule has 0 fully saturated rings. The molecule has 0 heterocycles. The lowest BCUT2D eigenvalue weighted by Gasteiger charge is -2.13. The van der Waals surface area contributed by atoms with Crippen molar-refractivity contribution in [2.75, 3.05) is 7.11 Å². The van der Waals surface area contributed by atoms with E-state index in [1.165, 1.54) is 12.1 Å². The summed E-state index contributed by atoms with van der Waals surface area (Å²) in [5, 5.41) is 0.537. The first kappa shape index (κ1) is 13.8. The third-order valence-electron chi connectivity index (χ3n) is 2.97. The van der Waals surface area contributed by atoms with Crippen molar-refractivity contribution >= 4 is 11.6 Å². The van der Waals surface area contributed by atoms with Crippen LogP contribution in [0.15, 0.2) is 42.5 Å². The van der Waals surface area contributed by atoms with E-state index in [0.717, 1.165) is 11.1 Å². The molecule has 0 aromatic heterocycles. The van der Waals surface area contributed by atoms with Crippen LogP contribution >= 0.6 is 11.6 Å². The molecule has 0 saturated heterocycles. The summed E-state index contributed by atoms with van der Waals surface area (Å²) in [6.07, 6.45) is 0.628. The predicted octanol–water partition coefficient (Wildman–Crippen LogP) is 3.73. The molecule has 0 aliphatic rings. The number of rotatable bonds is 4. The number of benzene rings is 2. The monoisotopic (exact) mass is 279 g/mol. The van der Waals surface area contributed by atoms with Gasteiger partial charge in [0.15, 0.2) is 0 Å². The predicted molar refractivity (Wildman–Crippen MR) is 75.0 cm³/mol. The molecule has 0 saturated carbocycles. The summed E-state index contributed by atoms with van der Waals surface area (Å²) in [7, 11) is 1.57. The molecule has 2 nitrogen and oxygen atoms in total. The second-order valence-electron chi connectivity index (χ2n) is 4.33. The number of ether oxygens (including phenoxy) is 1. The van der Waals surface area contributed by atoms with E-state index >= 15 is 0 Å². The fourth-order valence-corrected chi connectivity index (χ4v) is 2.17. The average Bonchev–Trinajstić information content (AvgIpc) is 2.41. The molecule has 4 heteroatoms. The minimum Gasteiger partial charge on any atom is -0.495 e. The molecule has 0 aliphatic carbocycles. The lowest BCUT2D eigenvalue weighted by atomic mass is 9.99. The van der Waals surface area contributed by atoms with Gasteiger partial charge in [0, 0.05) is 6.04 Å². The molecule has 0 radical (unpaired) electrons. The van der Waals surface area contributed by atoms with E-state index in [2.05, 4.69) is 0 Å². The lowest BCUT2D eigenvalue weighted by Crippen LogP contribution is -2.13. The van der Waals surface area contributed by atoms with Crippen LogP contribution in [0.2, 0.25) is 5.02 Å². The molecule has 0 spiro atoms. The Bertz CT molecular complexity index is 557. The van der Waals surface area contributed by atoms with Gasteiger partial charge in [0.2, 0.25) is 0 Å². The highest BCUT2D eigenvalue weighted by Crippen LogP contribution is 2.28. The Labute approximate surface area is 117 Å². The second-order valence-corrected chi connectivity index (χ2v) is 4.74. The van der Waals surface area contributed by atoms with Crippen molar-refractivity contribution in [1.29, 1.82) is 0 Å². The van der Waals surface area contributed by atoms with Gasteiger partial charge in [-0.3, -0.25) is 0 Å². The summed E-state index contributed by atoms with van der Waals surface area (Å²) in [4.78, 5) is 0.